The summed E-state index contributed by atoms with van der Waals surface area (Å²) in [5.74, 6) is 0.849. The van der Waals surface area contributed by atoms with Crippen molar-refractivity contribution in [1.29, 1.82) is 0 Å². The SMILES string of the molecule is COc1ccc(OC)c(C2CN(C(=O)c3cccc(Cl)c3)CC2C(=O)NCC(C)C)c1. The first-order chi connectivity index (χ1) is 14.8. The van der Waals surface area contributed by atoms with Gasteiger partial charge in [0.25, 0.3) is 5.91 Å². The topological polar surface area (TPSA) is 67.9 Å². The van der Waals surface area contributed by atoms with Gasteiger partial charge in [0, 0.05) is 41.7 Å². The molecule has 0 spiro atoms. The largest absolute Gasteiger partial charge is 0.497 e. The van der Waals surface area contributed by atoms with Crippen LogP contribution in [0.5, 0.6) is 11.5 Å². The van der Waals surface area contributed by atoms with E-state index in [0.717, 1.165) is 5.56 Å². The van der Waals surface area contributed by atoms with E-state index in [1.807, 2.05) is 32.0 Å². The third kappa shape index (κ3) is 5.31. The molecule has 1 N–H and O–H groups in total. The van der Waals surface area contributed by atoms with Crippen LogP contribution in [0.4, 0.5) is 0 Å². The van der Waals surface area contributed by atoms with Gasteiger partial charge < -0.3 is 19.7 Å². The lowest BCUT2D eigenvalue weighted by molar-refractivity contribution is -0.125. The Morgan fingerprint density at radius 2 is 1.90 bits per heavy atom. The second kappa shape index (κ2) is 10.1. The van der Waals surface area contributed by atoms with E-state index in [1.54, 1.807) is 43.4 Å². The van der Waals surface area contributed by atoms with Crippen LogP contribution in [0.25, 0.3) is 0 Å². The zero-order valence-electron chi connectivity index (χ0n) is 18.4. The molecule has 2 aromatic carbocycles. The Morgan fingerprint density at radius 3 is 2.55 bits per heavy atom. The molecule has 166 valence electrons. The van der Waals surface area contributed by atoms with Crippen molar-refractivity contribution in [2.24, 2.45) is 11.8 Å². The van der Waals surface area contributed by atoms with Crippen LogP contribution in [-0.2, 0) is 4.79 Å². The van der Waals surface area contributed by atoms with Gasteiger partial charge in [-0.15, -0.1) is 0 Å². The summed E-state index contributed by atoms with van der Waals surface area (Å²) in [6, 6.07) is 12.4. The van der Waals surface area contributed by atoms with E-state index in [9.17, 15) is 9.59 Å². The summed E-state index contributed by atoms with van der Waals surface area (Å²) in [5, 5.41) is 3.53. The Hall–Kier alpha value is -2.73. The molecule has 7 heteroatoms. The predicted octanol–water partition coefficient (Wildman–Crippen LogP) is 3.99. The van der Waals surface area contributed by atoms with E-state index >= 15 is 0 Å². The molecule has 1 saturated heterocycles. The number of carbonyl (C=O) groups excluding carboxylic acids is 2. The molecule has 1 heterocycles. The number of ether oxygens (including phenoxy) is 2. The van der Waals surface area contributed by atoms with Gasteiger partial charge in [0.05, 0.1) is 20.1 Å². The maximum atomic E-state index is 13.2. The van der Waals surface area contributed by atoms with E-state index < -0.39 is 5.92 Å². The average Bonchev–Trinajstić information content (AvgIpc) is 3.21. The standard InChI is InChI=1S/C24H29ClN2O4/c1-15(2)12-26-23(28)21-14-27(24(29)16-6-5-7-17(25)10-16)13-20(21)19-11-18(30-3)8-9-22(19)31-4/h5-11,15,20-21H,12-14H2,1-4H3,(H,26,28). The molecule has 2 atom stereocenters. The smallest absolute Gasteiger partial charge is 0.253 e. The number of methoxy groups -OCH3 is 2. The first-order valence-electron chi connectivity index (χ1n) is 10.4. The summed E-state index contributed by atoms with van der Waals surface area (Å²) in [7, 11) is 3.20. The predicted molar refractivity (Wildman–Crippen MR) is 121 cm³/mol. The minimum atomic E-state index is -0.400. The number of hydrogen-bond acceptors (Lipinski definition) is 4. The molecule has 2 aromatic rings. The van der Waals surface area contributed by atoms with Crippen LogP contribution in [0.1, 0.15) is 35.7 Å². The summed E-state index contributed by atoms with van der Waals surface area (Å²) < 4.78 is 11.0. The van der Waals surface area contributed by atoms with E-state index in [1.165, 1.54) is 0 Å². The van der Waals surface area contributed by atoms with Gasteiger partial charge in [-0.25, -0.2) is 0 Å². The Morgan fingerprint density at radius 1 is 1.13 bits per heavy atom. The van der Waals surface area contributed by atoms with Crippen molar-refractivity contribution in [3.8, 4) is 11.5 Å². The minimum absolute atomic E-state index is 0.0648. The number of rotatable bonds is 7. The zero-order chi connectivity index (χ0) is 22.5. The highest BCUT2D eigenvalue weighted by atomic mass is 35.5. The van der Waals surface area contributed by atoms with E-state index in [0.29, 0.717) is 47.6 Å². The molecule has 2 amide bonds. The second-order valence-electron chi connectivity index (χ2n) is 8.18. The Labute approximate surface area is 188 Å². The van der Waals surface area contributed by atoms with Crippen LogP contribution in [-0.4, -0.2) is 50.6 Å². The van der Waals surface area contributed by atoms with E-state index in [4.69, 9.17) is 21.1 Å². The van der Waals surface area contributed by atoms with Crippen LogP contribution < -0.4 is 14.8 Å². The normalized spacial score (nSPS) is 18.2. The van der Waals surface area contributed by atoms with Crippen molar-refractivity contribution in [3.05, 3.63) is 58.6 Å². The average molecular weight is 445 g/mol. The van der Waals surface area contributed by atoms with Gasteiger partial charge in [-0.3, -0.25) is 9.59 Å². The third-order valence-corrected chi connectivity index (χ3v) is 5.77. The molecular formula is C24H29ClN2O4. The van der Waals surface area contributed by atoms with Gasteiger partial charge in [-0.1, -0.05) is 31.5 Å². The molecule has 0 radical (unpaired) electrons. The van der Waals surface area contributed by atoms with Crippen molar-refractivity contribution in [3.63, 3.8) is 0 Å². The second-order valence-corrected chi connectivity index (χ2v) is 8.62. The van der Waals surface area contributed by atoms with Gasteiger partial charge in [0.15, 0.2) is 0 Å². The van der Waals surface area contributed by atoms with Crippen LogP contribution in [0, 0.1) is 11.8 Å². The minimum Gasteiger partial charge on any atom is -0.497 e. The summed E-state index contributed by atoms with van der Waals surface area (Å²) in [6.45, 7) is 5.40. The molecule has 6 nitrogen and oxygen atoms in total. The molecule has 3 rings (SSSR count). The van der Waals surface area contributed by atoms with Gasteiger partial charge in [-0.05, 0) is 42.3 Å². The lowest BCUT2D eigenvalue weighted by Gasteiger charge is -2.21. The van der Waals surface area contributed by atoms with Gasteiger partial charge in [-0.2, -0.15) is 0 Å². The molecule has 1 aliphatic rings. The van der Waals surface area contributed by atoms with E-state index in [-0.39, 0.29) is 17.7 Å². The van der Waals surface area contributed by atoms with Crippen molar-refractivity contribution in [2.45, 2.75) is 19.8 Å². The molecule has 2 unspecified atom stereocenters. The summed E-state index contributed by atoms with van der Waals surface area (Å²) in [5.41, 5.74) is 1.36. The van der Waals surface area contributed by atoms with Crippen molar-refractivity contribution in [1.82, 2.24) is 10.2 Å². The number of amides is 2. The maximum Gasteiger partial charge on any atom is 0.253 e. The molecule has 1 aliphatic heterocycles. The summed E-state index contributed by atoms with van der Waals surface area (Å²) >= 11 is 6.08. The van der Waals surface area contributed by atoms with Gasteiger partial charge in [0.2, 0.25) is 5.91 Å². The molecule has 31 heavy (non-hydrogen) atoms. The van der Waals surface area contributed by atoms with Crippen LogP contribution in [0.2, 0.25) is 5.02 Å². The first kappa shape index (κ1) is 22.9. The molecular weight excluding hydrogens is 416 g/mol. The fraction of sp³-hybridized carbons (Fsp3) is 0.417. The van der Waals surface area contributed by atoms with Gasteiger partial charge in [0.1, 0.15) is 11.5 Å². The number of benzene rings is 2. The van der Waals surface area contributed by atoms with Crippen LogP contribution in [0.3, 0.4) is 0 Å². The fourth-order valence-electron chi connectivity index (χ4n) is 3.92. The number of likely N-dealkylation sites (tertiary alicyclic amines) is 1. The third-order valence-electron chi connectivity index (χ3n) is 5.54. The van der Waals surface area contributed by atoms with Crippen LogP contribution in [0.15, 0.2) is 42.5 Å². The highest BCUT2D eigenvalue weighted by Gasteiger charge is 2.42. The number of nitrogens with zero attached hydrogens (tertiary/aromatic N) is 1. The molecule has 0 bridgehead atoms. The molecule has 1 fully saturated rings. The fourth-order valence-corrected chi connectivity index (χ4v) is 4.11. The number of halogens is 1. The number of carbonyl (C=O) groups is 2. The lowest BCUT2D eigenvalue weighted by Crippen LogP contribution is -2.37. The van der Waals surface area contributed by atoms with Gasteiger partial charge >= 0.3 is 0 Å². The monoisotopic (exact) mass is 444 g/mol. The molecule has 0 aliphatic carbocycles. The van der Waals surface area contributed by atoms with E-state index in [2.05, 4.69) is 5.32 Å². The molecule has 0 aromatic heterocycles. The quantitative estimate of drug-likeness (QED) is 0.701. The van der Waals surface area contributed by atoms with Crippen molar-refractivity contribution in [2.75, 3.05) is 33.9 Å². The highest BCUT2D eigenvalue weighted by Crippen LogP contribution is 2.40. The lowest BCUT2D eigenvalue weighted by atomic mass is 9.87. The summed E-state index contributed by atoms with van der Waals surface area (Å²) in [6.07, 6.45) is 0. The number of nitrogens with one attached hydrogen (secondary N) is 1. The van der Waals surface area contributed by atoms with Crippen molar-refractivity contribution < 1.29 is 19.1 Å². The van der Waals surface area contributed by atoms with Crippen molar-refractivity contribution >= 4 is 23.4 Å². The Bertz CT molecular complexity index is 947. The molecule has 0 saturated carbocycles. The van der Waals surface area contributed by atoms with Crippen LogP contribution >= 0.6 is 11.6 Å². The number of hydrogen-bond donors (Lipinski definition) is 1. The Kier molecular flexibility index (Phi) is 7.44. The summed E-state index contributed by atoms with van der Waals surface area (Å²) in [4.78, 5) is 28.0. The Balaban J connectivity index is 1.94. The first-order valence-corrected chi connectivity index (χ1v) is 10.8. The zero-order valence-corrected chi connectivity index (χ0v) is 19.1. The maximum absolute atomic E-state index is 13.2. The highest BCUT2D eigenvalue weighted by molar-refractivity contribution is 6.30.